The van der Waals surface area contributed by atoms with E-state index in [1.165, 1.54) is 17.1 Å². The van der Waals surface area contributed by atoms with Gasteiger partial charge in [-0.2, -0.15) is 5.26 Å². The lowest BCUT2D eigenvalue weighted by molar-refractivity contribution is 0.285. The van der Waals surface area contributed by atoms with Gasteiger partial charge in [0.2, 0.25) is 10.0 Å². The van der Waals surface area contributed by atoms with Crippen molar-refractivity contribution in [2.24, 2.45) is 11.3 Å². The van der Waals surface area contributed by atoms with Crippen LogP contribution in [-0.2, 0) is 10.0 Å². The summed E-state index contributed by atoms with van der Waals surface area (Å²) in [5.74, 6) is 0.470. The van der Waals surface area contributed by atoms with Crippen molar-refractivity contribution in [3.63, 3.8) is 0 Å². The van der Waals surface area contributed by atoms with E-state index >= 15 is 0 Å². The summed E-state index contributed by atoms with van der Waals surface area (Å²) in [6, 6.07) is 8.05. The van der Waals surface area contributed by atoms with Gasteiger partial charge >= 0.3 is 0 Å². The Morgan fingerprint density at radius 3 is 2.57 bits per heavy atom. The first kappa shape index (κ1) is 23.3. The maximum absolute atomic E-state index is 13.1. The zero-order valence-electron chi connectivity index (χ0n) is 17.8. The first-order valence-electron chi connectivity index (χ1n) is 10.8. The van der Waals surface area contributed by atoms with Crippen molar-refractivity contribution in [3.8, 4) is 6.07 Å². The van der Waals surface area contributed by atoms with Gasteiger partial charge in [0, 0.05) is 36.8 Å². The monoisotopic (exact) mass is 493 g/mol. The van der Waals surface area contributed by atoms with Crippen LogP contribution in [0, 0.1) is 22.7 Å². The fourth-order valence-corrected chi connectivity index (χ4v) is 6.98. The summed E-state index contributed by atoms with van der Waals surface area (Å²) in [5, 5.41) is 9.67. The molecule has 5 nitrogen and oxygen atoms in total. The minimum Gasteiger partial charge on any atom is -0.371 e. The highest BCUT2D eigenvalue weighted by atomic mass is 79.9. The molecule has 1 saturated carbocycles. The van der Waals surface area contributed by atoms with Crippen LogP contribution in [0.15, 0.2) is 40.2 Å². The lowest BCUT2D eigenvalue weighted by atomic mass is 9.76. The molecule has 1 aliphatic carbocycles. The van der Waals surface area contributed by atoms with Crippen LogP contribution in [0.25, 0.3) is 0 Å². The minimum absolute atomic E-state index is 0.270. The molecule has 1 saturated heterocycles. The summed E-state index contributed by atoms with van der Waals surface area (Å²) in [7, 11) is -1.84. The van der Waals surface area contributed by atoms with E-state index in [0.717, 1.165) is 57.3 Å². The SMILES string of the molecule is C=CCCC1(C#N)CCN(c2ccc(S(=O)(=O)N(C)CC3CCCC3)c(Br)c2)CC1. The molecule has 1 aromatic rings. The summed E-state index contributed by atoms with van der Waals surface area (Å²) >= 11 is 3.50. The largest absolute Gasteiger partial charge is 0.371 e. The molecule has 164 valence electrons. The summed E-state index contributed by atoms with van der Waals surface area (Å²) in [4.78, 5) is 2.56. The summed E-state index contributed by atoms with van der Waals surface area (Å²) in [6.07, 6.45) is 9.87. The quantitative estimate of drug-likeness (QED) is 0.458. The molecule has 1 aliphatic heterocycles. The number of sulfonamides is 1. The van der Waals surface area contributed by atoms with Crippen molar-refractivity contribution in [1.82, 2.24) is 4.31 Å². The Balaban J connectivity index is 1.69. The number of halogens is 1. The van der Waals surface area contributed by atoms with Gasteiger partial charge in [0.25, 0.3) is 0 Å². The van der Waals surface area contributed by atoms with Crippen LogP contribution in [0.3, 0.4) is 0 Å². The first-order chi connectivity index (χ1) is 14.3. The van der Waals surface area contributed by atoms with Crippen molar-refractivity contribution < 1.29 is 8.42 Å². The topological polar surface area (TPSA) is 64.4 Å². The molecular formula is C23H32BrN3O2S. The van der Waals surface area contributed by atoms with E-state index in [1.807, 2.05) is 18.2 Å². The van der Waals surface area contributed by atoms with Crippen molar-refractivity contribution in [2.75, 3.05) is 31.6 Å². The Bertz CT molecular complexity index is 896. The predicted octanol–water partition coefficient (Wildman–Crippen LogP) is 5.34. The van der Waals surface area contributed by atoms with Gasteiger partial charge in [-0.3, -0.25) is 0 Å². The molecule has 0 aromatic heterocycles. The van der Waals surface area contributed by atoms with Gasteiger partial charge in [-0.25, -0.2) is 12.7 Å². The van der Waals surface area contributed by atoms with E-state index in [-0.39, 0.29) is 5.41 Å². The first-order valence-corrected chi connectivity index (χ1v) is 13.1. The van der Waals surface area contributed by atoms with Crippen LogP contribution in [0.1, 0.15) is 51.4 Å². The van der Waals surface area contributed by atoms with Gasteiger partial charge in [0.05, 0.1) is 16.4 Å². The Labute approximate surface area is 189 Å². The molecule has 0 unspecified atom stereocenters. The summed E-state index contributed by atoms with van der Waals surface area (Å²) in [6.45, 7) is 5.95. The van der Waals surface area contributed by atoms with E-state index in [0.29, 0.717) is 21.8 Å². The molecule has 0 amide bonds. The van der Waals surface area contributed by atoms with Crippen molar-refractivity contribution in [1.29, 1.82) is 5.26 Å². The summed E-state index contributed by atoms with van der Waals surface area (Å²) < 4.78 is 28.3. The molecular weight excluding hydrogens is 462 g/mol. The number of piperidine rings is 1. The smallest absolute Gasteiger partial charge is 0.243 e. The van der Waals surface area contributed by atoms with Crippen LogP contribution in [0.4, 0.5) is 5.69 Å². The number of nitrogens with zero attached hydrogens (tertiary/aromatic N) is 3. The normalized spacial score (nSPS) is 19.7. The fourth-order valence-electron chi connectivity index (χ4n) is 4.71. The third-order valence-electron chi connectivity index (χ3n) is 6.74. The molecule has 3 rings (SSSR count). The average Bonchev–Trinajstić information content (AvgIpc) is 3.25. The second-order valence-corrected chi connectivity index (χ2v) is 11.6. The molecule has 2 fully saturated rings. The van der Waals surface area contributed by atoms with Gasteiger partial charge in [-0.1, -0.05) is 18.9 Å². The second kappa shape index (κ2) is 9.84. The molecule has 2 aliphatic rings. The van der Waals surface area contributed by atoms with Gasteiger partial charge in [-0.05, 0) is 78.6 Å². The zero-order chi connectivity index (χ0) is 21.8. The molecule has 7 heteroatoms. The van der Waals surface area contributed by atoms with E-state index in [9.17, 15) is 13.7 Å². The van der Waals surface area contributed by atoms with Crippen molar-refractivity contribution >= 4 is 31.6 Å². The van der Waals surface area contributed by atoms with Gasteiger partial charge in [0.15, 0.2) is 0 Å². The van der Waals surface area contributed by atoms with Crippen LogP contribution >= 0.6 is 15.9 Å². The van der Waals surface area contributed by atoms with Gasteiger partial charge < -0.3 is 4.90 Å². The molecule has 0 atom stereocenters. The number of hydrogen-bond acceptors (Lipinski definition) is 4. The maximum Gasteiger partial charge on any atom is 0.243 e. The lowest BCUT2D eigenvalue weighted by Gasteiger charge is -2.38. The molecule has 1 heterocycles. The zero-order valence-corrected chi connectivity index (χ0v) is 20.2. The van der Waals surface area contributed by atoms with E-state index in [1.54, 1.807) is 13.1 Å². The second-order valence-electron chi connectivity index (χ2n) is 8.76. The Hall–Kier alpha value is -1.36. The van der Waals surface area contributed by atoms with Crippen LogP contribution in [0.2, 0.25) is 0 Å². The summed E-state index contributed by atoms with van der Waals surface area (Å²) in [5.41, 5.74) is 0.725. The highest BCUT2D eigenvalue weighted by Gasteiger charge is 2.34. The van der Waals surface area contributed by atoms with Crippen molar-refractivity contribution in [3.05, 3.63) is 35.3 Å². The molecule has 0 bridgehead atoms. The van der Waals surface area contributed by atoms with Gasteiger partial charge in [0.1, 0.15) is 0 Å². The highest BCUT2D eigenvalue weighted by molar-refractivity contribution is 9.10. The Morgan fingerprint density at radius 2 is 2.00 bits per heavy atom. The van der Waals surface area contributed by atoms with Crippen LogP contribution in [-0.4, -0.2) is 39.4 Å². The fraction of sp³-hybridized carbons (Fsp3) is 0.609. The molecule has 0 radical (unpaired) electrons. The van der Waals surface area contributed by atoms with Crippen molar-refractivity contribution in [2.45, 2.75) is 56.3 Å². The van der Waals surface area contributed by atoms with Gasteiger partial charge in [-0.15, -0.1) is 6.58 Å². The number of allylic oxidation sites excluding steroid dienone is 1. The Kier molecular flexibility index (Phi) is 7.65. The van der Waals surface area contributed by atoms with E-state index in [4.69, 9.17) is 0 Å². The highest BCUT2D eigenvalue weighted by Crippen LogP contribution is 2.38. The number of benzene rings is 1. The van der Waals surface area contributed by atoms with E-state index in [2.05, 4.69) is 33.5 Å². The van der Waals surface area contributed by atoms with E-state index < -0.39 is 10.0 Å². The number of anilines is 1. The minimum atomic E-state index is -3.52. The molecule has 0 spiro atoms. The van der Waals surface area contributed by atoms with Crippen LogP contribution < -0.4 is 4.90 Å². The number of rotatable bonds is 8. The average molecular weight is 494 g/mol. The number of nitriles is 1. The third kappa shape index (κ3) is 5.09. The molecule has 1 aromatic carbocycles. The third-order valence-corrected chi connectivity index (χ3v) is 9.54. The predicted molar refractivity (Wildman–Crippen MR) is 125 cm³/mol. The lowest BCUT2D eigenvalue weighted by Crippen LogP contribution is -2.39. The number of hydrogen-bond donors (Lipinski definition) is 0. The standard InChI is InChI=1S/C23H32BrN3O2S/c1-3-4-11-23(18-25)12-14-27(15-13-23)20-9-10-22(21(24)16-20)30(28,29)26(2)17-19-7-5-6-8-19/h3,9-10,16,19H,1,4-8,11-15,17H2,2H3. The Morgan fingerprint density at radius 1 is 1.33 bits per heavy atom. The van der Waals surface area contributed by atoms with Crippen LogP contribution in [0.5, 0.6) is 0 Å². The molecule has 30 heavy (non-hydrogen) atoms. The maximum atomic E-state index is 13.1. The molecule has 0 N–H and O–H groups in total.